The fourth-order valence-electron chi connectivity index (χ4n) is 3.62. The Morgan fingerprint density at radius 3 is 2.58 bits per heavy atom. The van der Waals surface area contributed by atoms with E-state index in [1.54, 1.807) is 24.2 Å². The van der Waals surface area contributed by atoms with Gasteiger partial charge in [0.1, 0.15) is 11.6 Å². The molecule has 2 aliphatic heterocycles. The number of likely N-dealkylation sites (N-methyl/N-ethyl adjacent to an activating group) is 1. The van der Waals surface area contributed by atoms with Crippen molar-refractivity contribution in [1.82, 2.24) is 9.88 Å². The van der Waals surface area contributed by atoms with Crippen LogP contribution in [0, 0.1) is 5.82 Å². The van der Waals surface area contributed by atoms with Gasteiger partial charge in [-0.25, -0.2) is 14.2 Å². The maximum absolute atomic E-state index is 14.7. The molecule has 136 valence electrons. The predicted molar refractivity (Wildman–Crippen MR) is 99.2 cm³/mol. The number of hydrogen-bond donors (Lipinski definition) is 1. The van der Waals surface area contributed by atoms with E-state index in [0.29, 0.717) is 23.1 Å². The van der Waals surface area contributed by atoms with Crippen molar-refractivity contribution in [2.75, 3.05) is 50.1 Å². The third-order valence-corrected chi connectivity index (χ3v) is 5.12. The molecule has 4 rings (SSSR count). The minimum Gasteiger partial charge on any atom is -0.478 e. The zero-order valence-electron chi connectivity index (χ0n) is 14.9. The van der Waals surface area contributed by atoms with Crippen LogP contribution in [0.25, 0.3) is 10.9 Å². The number of aliphatic carboxylic acids is 1. The first-order valence-electron chi connectivity index (χ1n) is 8.66. The van der Waals surface area contributed by atoms with E-state index in [1.807, 2.05) is 6.07 Å². The van der Waals surface area contributed by atoms with Gasteiger partial charge in [-0.15, -0.1) is 0 Å². The maximum atomic E-state index is 14.7. The molecule has 2 aliphatic rings. The molecular formula is C19H21FN4O2. The molecular weight excluding hydrogens is 335 g/mol. The van der Waals surface area contributed by atoms with Gasteiger partial charge < -0.3 is 19.8 Å². The third kappa shape index (κ3) is 2.88. The number of fused-ring (bicyclic) bond motifs is 2. The Labute approximate surface area is 151 Å². The van der Waals surface area contributed by atoms with Gasteiger partial charge in [0.15, 0.2) is 0 Å². The van der Waals surface area contributed by atoms with E-state index < -0.39 is 5.97 Å². The summed E-state index contributed by atoms with van der Waals surface area (Å²) in [6, 6.07) is 5.16. The van der Waals surface area contributed by atoms with Crippen LogP contribution >= 0.6 is 0 Å². The first kappa shape index (κ1) is 16.8. The van der Waals surface area contributed by atoms with Crippen molar-refractivity contribution in [3.8, 4) is 0 Å². The minimum atomic E-state index is -0.945. The normalized spacial score (nSPS) is 18.0. The van der Waals surface area contributed by atoms with E-state index >= 15 is 0 Å². The number of nitrogens with zero attached hydrogens (tertiary/aromatic N) is 4. The van der Waals surface area contributed by atoms with E-state index in [0.717, 1.165) is 43.1 Å². The molecule has 0 unspecified atom stereocenters. The number of pyridine rings is 1. The van der Waals surface area contributed by atoms with Gasteiger partial charge in [-0.3, -0.25) is 0 Å². The molecule has 0 aliphatic carbocycles. The Hall–Kier alpha value is -2.67. The van der Waals surface area contributed by atoms with Crippen LogP contribution in [0.5, 0.6) is 0 Å². The number of benzene rings is 1. The van der Waals surface area contributed by atoms with Crippen molar-refractivity contribution in [3.05, 3.63) is 41.4 Å². The molecule has 7 heteroatoms. The Morgan fingerprint density at radius 1 is 1.15 bits per heavy atom. The molecule has 3 heterocycles. The van der Waals surface area contributed by atoms with E-state index in [9.17, 15) is 14.3 Å². The highest BCUT2D eigenvalue weighted by atomic mass is 19.1. The van der Waals surface area contributed by atoms with Gasteiger partial charge in [0.05, 0.1) is 16.8 Å². The lowest BCUT2D eigenvalue weighted by Crippen LogP contribution is -2.44. The fourth-order valence-corrected chi connectivity index (χ4v) is 3.62. The largest absolute Gasteiger partial charge is 0.478 e. The average Bonchev–Trinajstić information content (AvgIpc) is 2.60. The van der Waals surface area contributed by atoms with Crippen molar-refractivity contribution < 1.29 is 14.3 Å². The zero-order valence-corrected chi connectivity index (χ0v) is 14.9. The second-order valence-electron chi connectivity index (χ2n) is 7.00. The molecule has 1 aromatic carbocycles. The third-order valence-electron chi connectivity index (χ3n) is 5.12. The summed E-state index contributed by atoms with van der Waals surface area (Å²) >= 11 is 0. The number of carboxylic acid groups (broad SMARTS) is 1. The summed E-state index contributed by atoms with van der Waals surface area (Å²) in [5.74, 6) is -0.486. The lowest BCUT2D eigenvalue weighted by molar-refractivity contribution is -0.132. The summed E-state index contributed by atoms with van der Waals surface area (Å²) < 4.78 is 14.7. The Bertz CT molecular complexity index is 919. The zero-order chi connectivity index (χ0) is 18.4. The number of carbonyl (C=O) groups is 1. The molecule has 0 bridgehead atoms. The lowest BCUT2D eigenvalue weighted by atomic mass is 10.0. The maximum Gasteiger partial charge on any atom is 0.333 e. The van der Waals surface area contributed by atoms with E-state index in [1.165, 1.54) is 6.07 Å². The topological polar surface area (TPSA) is 59.9 Å². The molecule has 0 saturated carbocycles. The van der Waals surface area contributed by atoms with Crippen molar-refractivity contribution in [2.24, 2.45) is 0 Å². The monoisotopic (exact) mass is 356 g/mol. The molecule has 0 radical (unpaired) electrons. The van der Waals surface area contributed by atoms with Crippen molar-refractivity contribution >= 4 is 28.4 Å². The fraction of sp³-hybridized carbons (Fsp3) is 0.368. The van der Waals surface area contributed by atoms with Crippen LogP contribution in [0.1, 0.15) is 5.56 Å². The molecule has 1 saturated heterocycles. The standard InChI is InChI=1S/C19H21FN4O2/c1-22-3-5-24(6-4-22)17-10-16-12(9-15(17)20)7-13-8-14(19(25)26)11-23(2)18(13)21-16/h7,9-11H,3-6,8H2,1-2H3,(H,25,26). The van der Waals surface area contributed by atoms with Gasteiger partial charge in [-0.1, -0.05) is 0 Å². The highest BCUT2D eigenvalue weighted by Gasteiger charge is 2.23. The summed E-state index contributed by atoms with van der Waals surface area (Å²) in [6.07, 6.45) is 1.88. The second-order valence-corrected chi connectivity index (χ2v) is 7.00. The van der Waals surface area contributed by atoms with Gasteiger partial charge >= 0.3 is 5.97 Å². The minimum absolute atomic E-state index is 0.262. The summed E-state index contributed by atoms with van der Waals surface area (Å²) in [7, 11) is 3.85. The smallest absolute Gasteiger partial charge is 0.333 e. The quantitative estimate of drug-likeness (QED) is 0.889. The van der Waals surface area contributed by atoms with Gasteiger partial charge in [-0.05, 0) is 25.2 Å². The lowest BCUT2D eigenvalue weighted by Gasteiger charge is -2.34. The van der Waals surface area contributed by atoms with Gasteiger partial charge in [0.2, 0.25) is 0 Å². The Kier molecular flexibility index (Phi) is 4.03. The molecule has 1 aromatic heterocycles. The number of carboxylic acids is 1. The number of aromatic nitrogens is 1. The van der Waals surface area contributed by atoms with Crippen molar-refractivity contribution in [3.63, 3.8) is 0 Å². The second kappa shape index (κ2) is 6.25. The number of hydrogen-bond acceptors (Lipinski definition) is 5. The van der Waals surface area contributed by atoms with Crippen molar-refractivity contribution in [2.45, 2.75) is 6.42 Å². The van der Waals surface area contributed by atoms with Crippen LogP contribution < -0.4 is 9.80 Å². The molecule has 0 atom stereocenters. The Morgan fingerprint density at radius 2 is 1.88 bits per heavy atom. The molecule has 1 N–H and O–H groups in total. The van der Waals surface area contributed by atoms with Crippen LogP contribution in [0.15, 0.2) is 30.0 Å². The van der Waals surface area contributed by atoms with Gasteiger partial charge in [-0.2, -0.15) is 0 Å². The predicted octanol–water partition coefficient (Wildman–Crippen LogP) is 2.09. The highest BCUT2D eigenvalue weighted by Crippen LogP contribution is 2.32. The number of halogens is 1. The first-order chi connectivity index (χ1) is 12.4. The number of piperazine rings is 1. The van der Waals surface area contributed by atoms with Crippen molar-refractivity contribution in [1.29, 1.82) is 0 Å². The van der Waals surface area contributed by atoms with Crippen LogP contribution in [0.3, 0.4) is 0 Å². The van der Waals surface area contributed by atoms with E-state index in [4.69, 9.17) is 0 Å². The molecule has 1 fully saturated rings. The summed E-state index contributed by atoms with van der Waals surface area (Å²) in [6.45, 7) is 3.38. The van der Waals surface area contributed by atoms with E-state index in [2.05, 4.69) is 21.8 Å². The molecule has 0 spiro atoms. The summed E-state index contributed by atoms with van der Waals surface area (Å²) in [4.78, 5) is 22.0. The van der Waals surface area contributed by atoms with Gasteiger partial charge in [0, 0.05) is 56.8 Å². The molecule has 0 amide bonds. The summed E-state index contributed by atoms with van der Waals surface area (Å²) in [5, 5.41) is 9.95. The molecule has 26 heavy (non-hydrogen) atoms. The van der Waals surface area contributed by atoms with Crippen LogP contribution in [-0.4, -0.2) is 61.2 Å². The average molecular weight is 356 g/mol. The number of rotatable bonds is 2. The van der Waals surface area contributed by atoms with Gasteiger partial charge in [0.25, 0.3) is 0 Å². The molecule has 2 aromatic rings. The Balaban J connectivity index is 1.75. The number of anilines is 2. The first-order valence-corrected chi connectivity index (χ1v) is 8.66. The summed E-state index contributed by atoms with van der Waals surface area (Å²) in [5.41, 5.74) is 2.40. The molecule has 6 nitrogen and oxygen atoms in total. The highest BCUT2D eigenvalue weighted by molar-refractivity contribution is 5.91. The van der Waals surface area contributed by atoms with Crippen LogP contribution in [-0.2, 0) is 11.2 Å². The SMILES string of the molecule is CN1CCN(c2cc3nc4c(cc3cc2F)CC(C(=O)O)=CN4C)CC1. The van der Waals surface area contributed by atoms with Crippen LogP contribution in [0.4, 0.5) is 15.9 Å². The van der Waals surface area contributed by atoms with E-state index in [-0.39, 0.29) is 5.82 Å². The van der Waals surface area contributed by atoms with Crippen LogP contribution in [0.2, 0.25) is 0 Å².